The van der Waals surface area contributed by atoms with Crippen molar-refractivity contribution in [2.75, 3.05) is 7.11 Å². The van der Waals surface area contributed by atoms with Gasteiger partial charge in [-0.2, -0.15) is 0 Å². The van der Waals surface area contributed by atoms with E-state index in [9.17, 15) is 9.59 Å². The summed E-state index contributed by atoms with van der Waals surface area (Å²) < 4.78 is 13.1. The quantitative estimate of drug-likeness (QED) is 0.306. The second-order valence-corrected chi connectivity index (χ2v) is 10.1. The number of halogens is 1. The van der Waals surface area contributed by atoms with Gasteiger partial charge in [-0.05, 0) is 53.5 Å². The van der Waals surface area contributed by atoms with Crippen molar-refractivity contribution in [2.24, 2.45) is 4.99 Å². The number of allylic oxidation sites excluding steroid dienone is 1. The maximum absolute atomic E-state index is 13.7. The van der Waals surface area contributed by atoms with Gasteiger partial charge in [0.15, 0.2) is 4.80 Å². The van der Waals surface area contributed by atoms with E-state index in [2.05, 4.69) is 0 Å². The third-order valence-corrected chi connectivity index (χ3v) is 7.50. The van der Waals surface area contributed by atoms with Crippen LogP contribution in [-0.2, 0) is 16.1 Å². The minimum Gasteiger partial charge on any atom is -0.489 e. The van der Waals surface area contributed by atoms with Crippen LogP contribution in [0.3, 0.4) is 0 Å². The number of hydrogen-bond acceptors (Lipinski definition) is 6. The molecule has 4 aromatic rings. The van der Waals surface area contributed by atoms with E-state index in [1.165, 1.54) is 18.4 Å². The zero-order chi connectivity index (χ0) is 26.6. The van der Waals surface area contributed by atoms with E-state index in [0.29, 0.717) is 38.7 Å². The van der Waals surface area contributed by atoms with Gasteiger partial charge in [0.1, 0.15) is 12.4 Å². The van der Waals surface area contributed by atoms with Crippen LogP contribution in [0.1, 0.15) is 36.1 Å². The minimum absolute atomic E-state index is 0.206. The number of esters is 1. The van der Waals surface area contributed by atoms with Gasteiger partial charge in [0.2, 0.25) is 0 Å². The molecule has 3 aromatic carbocycles. The second-order valence-electron chi connectivity index (χ2n) is 8.68. The molecule has 38 heavy (non-hydrogen) atoms. The van der Waals surface area contributed by atoms with Gasteiger partial charge in [0, 0.05) is 5.02 Å². The Bertz CT molecular complexity index is 1670. The zero-order valence-corrected chi connectivity index (χ0v) is 22.5. The molecule has 1 aliphatic rings. The highest BCUT2D eigenvalue weighted by atomic mass is 35.5. The first-order chi connectivity index (χ1) is 18.5. The van der Waals surface area contributed by atoms with E-state index in [1.807, 2.05) is 91.9 Å². The van der Waals surface area contributed by atoms with Crippen LogP contribution in [0.4, 0.5) is 0 Å². The number of hydrogen-bond donors (Lipinski definition) is 0. The summed E-state index contributed by atoms with van der Waals surface area (Å²) in [5, 5.41) is 0.686. The molecule has 0 saturated heterocycles. The Morgan fingerprint density at radius 3 is 2.42 bits per heavy atom. The molecule has 6 nitrogen and oxygen atoms in total. The molecule has 5 rings (SSSR count). The maximum Gasteiger partial charge on any atom is 0.338 e. The van der Waals surface area contributed by atoms with Crippen LogP contribution in [0, 0.1) is 0 Å². The minimum atomic E-state index is -0.611. The van der Waals surface area contributed by atoms with Crippen molar-refractivity contribution in [2.45, 2.75) is 26.0 Å². The van der Waals surface area contributed by atoms with Crippen molar-refractivity contribution in [3.05, 3.63) is 132 Å². The van der Waals surface area contributed by atoms with Gasteiger partial charge in [-0.25, -0.2) is 9.79 Å². The summed E-state index contributed by atoms with van der Waals surface area (Å²) in [5.74, 6) is 0.237. The summed E-state index contributed by atoms with van der Waals surface area (Å²) >= 11 is 7.25. The Kier molecular flexibility index (Phi) is 7.58. The fraction of sp³-hybridized carbons (Fsp3) is 0.167. The number of fused-ring (bicyclic) bond motifs is 1. The summed E-state index contributed by atoms with van der Waals surface area (Å²) in [6.07, 6.45) is 2.37. The summed E-state index contributed by atoms with van der Waals surface area (Å²) in [4.78, 5) is 31.8. The van der Waals surface area contributed by atoms with Crippen LogP contribution in [0.5, 0.6) is 5.75 Å². The molecule has 1 aliphatic heterocycles. The van der Waals surface area contributed by atoms with Gasteiger partial charge in [-0.3, -0.25) is 9.36 Å². The number of methoxy groups -OCH3 is 1. The fourth-order valence-electron chi connectivity index (χ4n) is 4.37. The van der Waals surface area contributed by atoms with E-state index in [-0.39, 0.29) is 5.56 Å². The summed E-state index contributed by atoms with van der Waals surface area (Å²) in [5.41, 5.74) is 3.51. The van der Waals surface area contributed by atoms with Crippen molar-refractivity contribution in [1.29, 1.82) is 0 Å². The van der Waals surface area contributed by atoms with Gasteiger partial charge in [-0.1, -0.05) is 84.5 Å². The Balaban J connectivity index is 1.50. The maximum atomic E-state index is 13.7. The molecule has 0 spiro atoms. The van der Waals surface area contributed by atoms with E-state index in [0.717, 1.165) is 22.4 Å². The normalized spacial score (nSPS) is 15.1. The van der Waals surface area contributed by atoms with Crippen molar-refractivity contribution in [1.82, 2.24) is 4.57 Å². The Labute approximate surface area is 228 Å². The summed E-state index contributed by atoms with van der Waals surface area (Å²) in [7, 11) is 1.35. The predicted octanol–water partition coefficient (Wildman–Crippen LogP) is 5.03. The van der Waals surface area contributed by atoms with E-state index >= 15 is 0 Å². The number of thiazole rings is 1. The highest BCUT2D eigenvalue weighted by Crippen LogP contribution is 2.31. The fourth-order valence-corrected chi connectivity index (χ4v) is 5.52. The molecule has 0 saturated carbocycles. The molecule has 1 atom stereocenters. The van der Waals surface area contributed by atoms with Crippen LogP contribution in [-0.4, -0.2) is 17.6 Å². The molecule has 192 valence electrons. The van der Waals surface area contributed by atoms with Crippen LogP contribution < -0.4 is 19.6 Å². The molecule has 0 N–H and O–H groups in total. The monoisotopic (exact) mass is 544 g/mol. The number of carbonyl (C=O) groups excluding carboxylic acids is 1. The van der Waals surface area contributed by atoms with E-state index in [1.54, 1.807) is 4.57 Å². The van der Waals surface area contributed by atoms with Crippen molar-refractivity contribution in [3.8, 4) is 5.75 Å². The second kappa shape index (κ2) is 11.2. The van der Waals surface area contributed by atoms with Gasteiger partial charge >= 0.3 is 5.97 Å². The number of ether oxygens (including phenoxy) is 2. The Hall–Kier alpha value is -3.94. The van der Waals surface area contributed by atoms with Crippen LogP contribution >= 0.6 is 22.9 Å². The SMILES string of the molecule is CCC1=C(C(=O)OC)[C@@H](c2ccccc2)n2c(s/c(=C\c3ccc(OCc4ccc(Cl)cc4)cc3)c2=O)=N1. The molecule has 2 heterocycles. The standard InChI is InChI=1S/C30H25ClN2O4S/c1-3-24-26(29(35)36-2)27(21-7-5-4-6-8-21)33-28(34)25(38-30(33)32-24)17-19-11-15-23(16-12-19)37-18-20-9-13-22(31)14-10-20/h4-17,27H,3,18H2,1-2H3/b25-17-/t27-/m1/s1. The molecule has 0 radical (unpaired) electrons. The number of aromatic nitrogens is 1. The van der Waals surface area contributed by atoms with Crippen LogP contribution in [0.15, 0.2) is 99.9 Å². The first-order valence-electron chi connectivity index (χ1n) is 12.1. The summed E-state index contributed by atoms with van der Waals surface area (Å²) in [6.45, 7) is 2.37. The molecule has 0 amide bonds. The number of nitrogens with zero attached hydrogens (tertiary/aromatic N) is 2. The number of benzene rings is 3. The van der Waals surface area contributed by atoms with Crippen molar-refractivity contribution < 1.29 is 14.3 Å². The highest BCUT2D eigenvalue weighted by Gasteiger charge is 2.33. The largest absolute Gasteiger partial charge is 0.489 e. The number of carbonyl (C=O) groups is 1. The lowest BCUT2D eigenvalue weighted by molar-refractivity contribution is -0.136. The Morgan fingerprint density at radius 1 is 1.05 bits per heavy atom. The number of rotatable bonds is 7. The van der Waals surface area contributed by atoms with Gasteiger partial charge < -0.3 is 9.47 Å². The molecule has 8 heteroatoms. The molecular weight excluding hydrogens is 520 g/mol. The van der Waals surface area contributed by atoms with Crippen LogP contribution in [0.25, 0.3) is 6.08 Å². The van der Waals surface area contributed by atoms with Gasteiger partial charge in [-0.15, -0.1) is 0 Å². The van der Waals surface area contributed by atoms with Crippen molar-refractivity contribution >= 4 is 35.0 Å². The first-order valence-corrected chi connectivity index (χ1v) is 13.3. The van der Waals surface area contributed by atoms with Crippen molar-refractivity contribution in [3.63, 3.8) is 0 Å². The highest BCUT2D eigenvalue weighted by molar-refractivity contribution is 7.07. The molecule has 1 aromatic heterocycles. The molecule has 0 unspecified atom stereocenters. The van der Waals surface area contributed by atoms with Gasteiger partial charge in [0.05, 0.1) is 29.0 Å². The molecule has 0 bridgehead atoms. The molecular formula is C30H25ClN2O4S. The lowest BCUT2D eigenvalue weighted by Crippen LogP contribution is -2.40. The zero-order valence-electron chi connectivity index (χ0n) is 20.9. The lowest BCUT2D eigenvalue weighted by Gasteiger charge is -2.25. The lowest BCUT2D eigenvalue weighted by atomic mass is 9.95. The average molecular weight is 545 g/mol. The average Bonchev–Trinajstić information content (AvgIpc) is 3.26. The Morgan fingerprint density at radius 2 is 1.76 bits per heavy atom. The third kappa shape index (κ3) is 5.21. The summed E-state index contributed by atoms with van der Waals surface area (Å²) in [6, 6.07) is 24.0. The van der Waals surface area contributed by atoms with E-state index < -0.39 is 12.0 Å². The topological polar surface area (TPSA) is 69.9 Å². The third-order valence-electron chi connectivity index (χ3n) is 6.26. The smallest absolute Gasteiger partial charge is 0.338 e. The predicted molar refractivity (Wildman–Crippen MR) is 149 cm³/mol. The molecule has 0 fully saturated rings. The van der Waals surface area contributed by atoms with Gasteiger partial charge in [0.25, 0.3) is 5.56 Å². The van der Waals surface area contributed by atoms with E-state index in [4.69, 9.17) is 26.1 Å². The first kappa shape index (κ1) is 25.7. The van der Waals surface area contributed by atoms with Crippen LogP contribution in [0.2, 0.25) is 5.02 Å². The molecule has 0 aliphatic carbocycles.